The first-order valence-electron chi connectivity index (χ1n) is 6.35. The number of aromatic nitrogens is 1. The number of nitrogens with zero attached hydrogens (tertiary/aromatic N) is 1. The fourth-order valence-electron chi connectivity index (χ4n) is 2.51. The molecule has 2 heterocycles. The van der Waals surface area contributed by atoms with E-state index >= 15 is 0 Å². The molecule has 0 amide bonds. The highest BCUT2D eigenvalue weighted by Gasteiger charge is 2.31. The Morgan fingerprint density at radius 3 is 2.72 bits per heavy atom. The van der Waals surface area contributed by atoms with Gasteiger partial charge in [-0.3, -0.25) is 4.98 Å². The average Bonchev–Trinajstić information content (AvgIpc) is 2.39. The van der Waals surface area contributed by atoms with Gasteiger partial charge in [0.15, 0.2) is 0 Å². The van der Waals surface area contributed by atoms with Crippen molar-refractivity contribution < 1.29 is 9.84 Å². The summed E-state index contributed by atoms with van der Waals surface area (Å²) in [6.45, 7) is 3.24. The van der Waals surface area contributed by atoms with E-state index in [1.165, 1.54) is 0 Å². The lowest BCUT2D eigenvalue weighted by Crippen LogP contribution is -2.33. The molecule has 3 heteroatoms. The molecule has 1 aromatic carbocycles. The van der Waals surface area contributed by atoms with E-state index in [9.17, 15) is 5.11 Å². The van der Waals surface area contributed by atoms with Crippen molar-refractivity contribution in [3.05, 3.63) is 41.6 Å². The van der Waals surface area contributed by atoms with Crippen LogP contribution in [-0.2, 0) is 10.3 Å². The molecule has 0 unspecified atom stereocenters. The van der Waals surface area contributed by atoms with E-state index in [2.05, 4.69) is 11.1 Å². The zero-order valence-corrected chi connectivity index (χ0v) is 10.5. The summed E-state index contributed by atoms with van der Waals surface area (Å²) < 4.78 is 5.32. The highest BCUT2D eigenvalue weighted by atomic mass is 16.5. The van der Waals surface area contributed by atoms with Crippen molar-refractivity contribution in [2.75, 3.05) is 13.2 Å². The van der Waals surface area contributed by atoms with E-state index in [1.54, 1.807) is 0 Å². The first-order valence-corrected chi connectivity index (χ1v) is 6.35. The average molecular weight is 243 g/mol. The summed E-state index contributed by atoms with van der Waals surface area (Å²) in [7, 11) is 0. The zero-order chi connectivity index (χ0) is 12.6. The summed E-state index contributed by atoms with van der Waals surface area (Å²) in [5.74, 6) is 0. The predicted octanol–water partition coefficient (Wildman–Crippen LogP) is 2.54. The van der Waals surface area contributed by atoms with Gasteiger partial charge in [-0.05, 0) is 30.7 Å². The lowest BCUT2D eigenvalue weighted by molar-refractivity contribution is -0.0678. The number of fused-ring (bicyclic) bond motifs is 1. The molecule has 1 N–H and O–H groups in total. The van der Waals surface area contributed by atoms with Gasteiger partial charge in [-0.15, -0.1) is 0 Å². The number of rotatable bonds is 1. The number of benzene rings is 1. The maximum Gasteiger partial charge on any atom is 0.0940 e. The van der Waals surface area contributed by atoms with Crippen LogP contribution >= 0.6 is 0 Å². The number of hydrogen-bond donors (Lipinski definition) is 1. The number of aryl methyl sites for hydroxylation is 1. The van der Waals surface area contributed by atoms with Crippen LogP contribution in [0.15, 0.2) is 30.3 Å². The zero-order valence-electron chi connectivity index (χ0n) is 10.5. The topological polar surface area (TPSA) is 42.4 Å². The molecule has 0 radical (unpaired) electrons. The summed E-state index contributed by atoms with van der Waals surface area (Å²) in [5.41, 5.74) is 2.23. The third kappa shape index (κ3) is 2.00. The van der Waals surface area contributed by atoms with Gasteiger partial charge in [0.2, 0.25) is 0 Å². The molecule has 3 rings (SSSR count). The first-order chi connectivity index (χ1) is 8.67. The number of hydrogen-bond acceptors (Lipinski definition) is 3. The van der Waals surface area contributed by atoms with Gasteiger partial charge in [-0.25, -0.2) is 0 Å². The molecule has 2 aromatic rings. The van der Waals surface area contributed by atoms with E-state index in [-0.39, 0.29) is 0 Å². The van der Waals surface area contributed by atoms with Crippen LogP contribution in [0.1, 0.15) is 24.1 Å². The van der Waals surface area contributed by atoms with Crippen LogP contribution in [0, 0.1) is 6.92 Å². The minimum atomic E-state index is -0.739. The molecule has 3 nitrogen and oxygen atoms in total. The van der Waals surface area contributed by atoms with Gasteiger partial charge in [0.05, 0.1) is 11.1 Å². The van der Waals surface area contributed by atoms with Crippen molar-refractivity contribution in [2.24, 2.45) is 0 Å². The minimum absolute atomic E-state index is 0.626. The quantitative estimate of drug-likeness (QED) is 0.837. The van der Waals surface area contributed by atoms with Gasteiger partial charge in [0.25, 0.3) is 0 Å². The molecule has 0 saturated carbocycles. The molecule has 1 aliphatic heterocycles. The number of ether oxygens (including phenoxy) is 1. The lowest BCUT2D eigenvalue weighted by Gasteiger charge is -2.32. The Bertz CT molecular complexity index is 574. The highest BCUT2D eigenvalue weighted by molar-refractivity contribution is 5.79. The van der Waals surface area contributed by atoms with Crippen LogP contribution in [0.3, 0.4) is 0 Å². The Morgan fingerprint density at radius 1 is 1.17 bits per heavy atom. The van der Waals surface area contributed by atoms with Crippen molar-refractivity contribution >= 4 is 10.9 Å². The van der Waals surface area contributed by atoms with Crippen LogP contribution in [-0.4, -0.2) is 23.3 Å². The lowest BCUT2D eigenvalue weighted by atomic mass is 9.86. The van der Waals surface area contributed by atoms with Gasteiger partial charge >= 0.3 is 0 Å². The number of aliphatic hydroxyl groups is 1. The summed E-state index contributed by atoms with van der Waals surface area (Å²) in [4.78, 5) is 4.48. The van der Waals surface area contributed by atoms with Gasteiger partial charge in [-0.1, -0.05) is 12.1 Å². The smallest absolute Gasteiger partial charge is 0.0940 e. The third-order valence-corrected chi connectivity index (χ3v) is 3.69. The molecular formula is C15H17NO2. The molecule has 1 fully saturated rings. The van der Waals surface area contributed by atoms with Gasteiger partial charge in [0, 0.05) is 37.1 Å². The molecule has 0 bridgehead atoms. The Morgan fingerprint density at radius 2 is 1.94 bits per heavy atom. The molecule has 0 aliphatic carbocycles. The minimum Gasteiger partial charge on any atom is -0.385 e. The second-order valence-electron chi connectivity index (χ2n) is 5.00. The van der Waals surface area contributed by atoms with E-state index < -0.39 is 5.60 Å². The third-order valence-electron chi connectivity index (χ3n) is 3.69. The molecule has 0 spiro atoms. The summed E-state index contributed by atoms with van der Waals surface area (Å²) in [6, 6.07) is 10.1. The Kier molecular flexibility index (Phi) is 2.80. The second kappa shape index (κ2) is 4.34. The SMILES string of the molecule is Cc1ccc2cc(C3(O)CCOCC3)ccc2n1. The van der Waals surface area contributed by atoms with Gasteiger partial charge in [0.1, 0.15) is 0 Å². The van der Waals surface area contributed by atoms with Crippen molar-refractivity contribution in [1.82, 2.24) is 4.98 Å². The first kappa shape index (κ1) is 11.6. The maximum atomic E-state index is 10.7. The maximum absolute atomic E-state index is 10.7. The van der Waals surface area contributed by atoms with E-state index in [4.69, 9.17) is 4.74 Å². The van der Waals surface area contributed by atoms with E-state index in [0.29, 0.717) is 26.1 Å². The standard InChI is InChI=1S/C15H17NO2/c1-11-2-3-12-10-13(4-5-14(12)16-11)15(17)6-8-18-9-7-15/h2-5,10,17H,6-9H2,1H3. The summed E-state index contributed by atoms with van der Waals surface area (Å²) in [5, 5.41) is 11.7. The van der Waals surface area contributed by atoms with Crippen LogP contribution in [0.4, 0.5) is 0 Å². The second-order valence-corrected chi connectivity index (χ2v) is 5.00. The Hall–Kier alpha value is -1.45. The Balaban J connectivity index is 2.05. The largest absolute Gasteiger partial charge is 0.385 e. The van der Waals surface area contributed by atoms with Crippen LogP contribution in [0.5, 0.6) is 0 Å². The predicted molar refractivity (Wildman–Crippen MR) is 70.4 cm³/mol. The van der Waals surface area contributed by atoms with Crippen LogP contribution in [0.25, 0.3) is 10.9 Å². The van der Waals surface area contributed by atoms with Crippen molar-refractivity contribution in [1.29, 1.82) is 0 Å². The van der Waals surface area contributed by atoms with E-state index in [0.717, 1.165) is 22.2 Å². The summed E-state index contributed by atoms with van der Waals surface area (Å²) in [6.07, 6.45) is 1.33. The number of pyridine rings is 1. The van der Waals surface area contributed by atoms with Crippen LogP contribution < -0.4 is 0 Å². The fourth-order valence-corrected chi connectivity index (χ4v) is 2.51. The summed E-state index contributed by atoms with van der Waals surface area (Å²) >= 11 is 0. The van der Waals surface area contributed by atoms with Gasteiger partial charge in [-0.2, -0.15) is 0 Å². The fraction of sp³-hybridized carbons (Fsp3) is 0.400. The molecule has 18 heavy (non-hydrogen) atoms. The van der Waals surface area contributed by atoms with Crippen molar-refractivity contribution in [3.8, 4) is 0 Å². The molecule has 1 aliphatic rings. The van der Waals surface area contributed by atoms with Crippen molar-refractivity contribution in [2.45, 2.75) is 25.4 Å². The monoisotopic (exact) mass is 243 g/mol. The molecule has 0 atom stereocenters. The molecule has 94 valence electrons. The normalized spacial score (nSPS) is 19.0. The molecular weight excluding hydrogens is 226 g/mol. The highest BCUT2D eigenvalue weighted by Crippen LogP contribution is 2.33. The van der Waals surface area contributed by atoms with E-state index in [1.807, 2.05) is 31.2 Å². The Labute approximate surface area is 106 Å². The van der Waals surface area contributed by atoms with Crippen molar-refractivity contribution in [3.63, 3.8) is 0 Å². The van der Waals surface area contributed by atoms with Crippen LogP contribution in [0.2, 0.25) is 0 Å². The molecule has 1 saturated heterocycles. The molecule has 1 aromatic heterocycles. The van der Waals surface area contributed by atoms with Gasteiger partial charge < -0.3 is 9.84 Å².